The quantitative estimate of drug-likeness (QED) is 0.885. The van der Waals surface area contributed by atoms with Crippen LogP contribution in [0.1, 0.15) is 44.7 Å². The first-order valence-electron chi connectivity index (χ1n) is 6.84. The third-order valence-corrected chi connectivity index (χ3v) is 4.12. The van der Waals surface area contributed by atoms with E-state index in [-0.39, 0.29) is 17.6 Å². The third-order valence-electron chi connectivity index (χ3n) is 4.12. The molecule has 1 aromatic carbocycles. The summed E-state index contributed by atoms with van der Waals surface area (Å²) in [5.74, 6) is 0.443. The molecule has 18 heavy (non-hydrogen) atoms. The summed E-state index contributed by atoms with van der Waals surface area (Å²) in [5, 5.41) is 9.85. The molecule has 0 aromatic heterocycles. The second-order valence-electron chi connectivity index (χ2n) is 5.29. The number of hydrogen-bond donors (Lipinski definition) is 1. The number of piperidine rings is 1. The summed E-state index contributed by atoms with van der Waals surface area (Å²) in [6.45, 7) is 6.46. The van der Waals surface area contributed by atoms with Crippen molar-refractivity contribution in [2.24, 2.45) is 5.92 Å². The first kappa shape index (κ1) is 13.3. The number of benzene rings is 1. The zero-order chi connectivity index (χ0) is 13.1. The van der Waals surface area contributed by atoms with Gasteiger partial charge in [-0.05, 0) is 38.3 Å². The molecule has 3 heteroatoms. The van der Waals surface area contributed by atoms with Gasteiger partial charge in [0.25, 0.3) is 0 Å². The lowest BCUT2D eigenvalue weighted by Gasteiger charge is -2.36. The number of rotatable bonds is 3. The highest BCUT2D eigenvalue weighted by Crippen LogP contribution is 2.32. The topological polar surface area (TPSA) is 23.5 Å². The fourth-order valence-electron chi connectivity index (χ4n) is 2.85. The van der Waals surface area contributed by atoms with E-state index in [1.165, 1.54) is 31.4 Å². The Kier molecular flexibility index (Phi) is 4.23. The van der Waals surface area contributed by atoms with Crippen LogP contribution in [0.25, 0.3) is 0 Å². The Morgan fingerprint density at radius 1 is 1.50 bits per heavy atom. The summed E-state index contributed by atoms with van der Waals surface area (Å²) in [4.78, 5) is 2.39. The second-order valence-corrected chi connectivity index (χ2v) is 5.29. The molecule has 1 aromatic rings. The molecule has 0 amide bonds. The van der Waals surface area contributed by atoms with E-state index < -0.39 is 0 Å². The van der Waals surface area contributed by atoms with Crippen molar-refractivity contribution in [2.45, 2.75) is 39.2 Å². The monoisotopic (exact) mass is 251 g/mol. The summed E-state index contributed by atoms with van der Waals surface area (Å²) in [6.07, 6.45) is 3.72. The lowest BCUT2D eigenvalue weighted by molar-refractivity contribution is 0.128. The van der Waals surface area contributed by atoms with E-state index in [1.807, 2.05) is 0 Å². The van der Waals surface area contributed by atoms with Crippen molar-refractivity contribution >= 4 is 0 Å². The lowest BCUT2D eigenvalue weighted by atomic mass is 9.93. The Morgan fingerprint density at radius 2 is 2.28 bits per heavy atom. The van der Waals surface area contributed by atoms with Gasteiger partial charge < -0.3 is 5.11 Å². The van der Waals surface area contributed by atoms with Crippen LogP contribution in [0.4, 0.5) is 4.39 Å². The van der Waals surface area contributed by atoms with E-state index in [0.717, 1.165) is 24.6 Å². The molecule has 1 aliphatic heterocycles. The van der Waals surface area contributed by atoms with Crippen LogP contribution in [-0.4, -0.2) is 23.1 Å². The average molecular weight is 251 g/mol. The van der Waals surface area contributed by atoms with Gasteiger partial charge in [-0.2, -0.15) is 0 Å². The molecule has 0 radical (unpaired) electrons. The first-order valence-corrected chi connectivity index (χ1v) is 6.84. The highest BCUT2D eigenvalue weighted by molar-refractivity contribution is 5.35. The van der Waals surface area contributed by atoms with Gasteiger partial charge in [0.05, 0.1) is 0 Å². The predicted octanol–water partition coefficient (Wildman–Crippen LogP) is 3.71. The van der Waals surface area contributed by atoms with Gasteiger partial charge in [0.15, 0.2) is 0 Å². The van der Waals surface area contributed by atoms with Crippen molar-refractivity contribution in [3.05, 3.63) is 29.6 Å². The summed E-state index contributed by atoms with van der Waals surface area (Å²) in [5.41, 5.74) is 0.827. The molecule has 1 heterocycles. The van der Waals surface area contributed by atoms with E-state index in [9.17, 15) is 9.50 Å². The number of hydrogen-bond acceptors (Lipinski definition) is 2. The Bertz CT molecular complexity index is 407. The summed E-state index contributed by atoms with van der Waals surface area (Å²) < 4.78 is 13.0. The van der Waals surface area contributed by atoms with Crippen molar-refractivity contribution in [1.29, 1.82) is 0 Å². The van der Waals surface area contributed by atoms with Gasteiger partial charge in [-0.3, -0.25) is 4.90 Å². The minimum atomic E-state index is -0.381. The molecular weight excluding hydrogens is 229 g/mol. The zero-order valence-corrected chi connectivity index (χ0v) is 11.2. The zero-order valence-electron chi connectivity index (χ0n) is 11.2. The summed E-state index contributed by atoms with van der Waals surface area (Å²) in [6, 6.07) is 4.48. The van der Waals surface area contributed by atoms with Gasteiger partial charge in [0, 0.05) is 24.2 Å². The maximum Gasteiger partial charge on any atom is 0.126 e. The Hall–Kier alpha value is -1.09. The van der Waals surface area contributed by atoms with Crippen LogP contribution in [0.5, 0.6) is 5.75 Å². The van der Waals surface area contributed by atoms with Crippen molar-refractivity contribution in [2.75, 3.05) is 13.1 Å². The van der Waals surface area contributed by atoms with Crippen molar-refractivity contribution in [3.63, 3.8) is 0 Å². The highest BCUT2D eigenvalue weighted by atomic mass is 19.1. The van der Waals surface area contributed by atoms with Crippen LogP contribution in [0.3, 0.4) is 0 Å². The number of aromatic hydroxyl groups is 1. The molecule has 2 unspecified atom stereocenters. The smallest absolute Gasteiger partial charge is 0.126 e. The standard InChI is InChI=1S/C15H22FNO/c1-3-12-5-4-8-17(10-12)11(2)14-7-6-13(16)9-15(14)18/h6-7,9,11-12,18H,3-5,8,10H2,1-2H3. The minimum Gasteiger partial charge on any atom is -0.508 e. The van der Waals surface area contributed by atoms with Crippen molar-refractivity contribution in [1.82, 2.24) is 4.90 Å². The van der Waals surface area contributed by atoms with E-state index in [0.29, 0.717) is 0 Å². The fraction of sp³-hybridized carbons (Fsp3) is 0.600. The van der Waals surface area contributed by atoms with Crippen LogP contribution in [-0.2, 0) is 0 Å². The van der Waals surface area contributed by atoms with Gasteiger partial charge >= 0.3 is 0 Å². The van der Waals surface area contributed by atoms with Gasteiger partial charge in [-0.25, -0.2) is 4.39 Å². The Morgan fingerprint density at radius 3 is 2.94 bits per heavy atom. The van der Waals surface area contributed by atoms with Crippen LogP contribution >= 0.6 is 0 Å². The molecule has 100 valence electrons. The van der Waals surface area contributed by atoms with Crippen LogP contribution < -0.4 is 0 Å². The number of phenolic OH excluding ortho intramolecular Hbond substituents is 1. The average Bonchev–Trinajstić information content (AvgIpc) is 2.38. The van der Waals surface area contributed by atoms with Gasteiger partial charge in [0.1, 0.15) is 11.6 Å². The molecule has 1 aliphatic rings. The second kappa shape index (κ2) is 5.70. The van der Waals surface area contributed by atoms with Gasteiger partial charge in [-0.1, -0.05) is 19.4 Å². The summed E-state index contributed by atoms with van der Waals surface area (Å²) in [7, 11) is 0. The molecular formula is C15H22FNO. The molecule has 2 rings (SSSR count). The Labute approximate surface area is 108 Å². The maximum absolute atomic E-state index is 13.0. The summed E-state index contributed by atoms with van der Waals surface area (Å²) >= 11 is 0. The van der Waals surface area contributed by atoms with Crippen LogP contribution in [0, 0.1) is 11.7 Å². The van der Waals surface area contributed by atoms with Crippen LogP contribution in [0.15, 0.2) is 18.2 Å². The molecule has 1 saturated heterocycles. The number of likely N-dealkylation sites (tertiary alicyclic amines) is 1. The van der Waals surface area contributed by atoms with Crippen molar-refractivity contribution in [3.8, 4) is 5.75 Å². The predicted molar refractivity (Wildman–Crippen MR) is 71.1 cm³/mol. The lowest BCUT2D eigenvalue weighted by Crippen LogP contribution is -2.37. The highest BCUT2D eigenvalue weighted by Gasteiger charge is 2.24. The number of halogens is 1. The largest absolute Gasteiger partial charge is 0.508 e. The van der Waals surface area contributed by atoms with Gasteiger partial charge in [0.2, 0.25) is 0 Å². The molecule has 0 spiro atoms. The Balaban J connectivity index is 2.12. The third kappa shape index (κ3) is 2.83. The number of phenols is 1. The fourth-order valence-corrected chi connectivity index (χ4v) is 2.85. The van der Waals surface area contributed by atoms with E-state index in [2.05, 4.69) is 18.7 Å². The van der Waals surface area contributed by atoms with E-state index in [4.69, 9.17) is 0 Å². The maximum atomic E-state index is 13.0. The normalized spacial score (nSPS) is 22.9. The van der Waals surface area contributed by atoms with Crippen LogP contribution in [0.2, 0.25) is 0 Å². The van der Waals surface area contributed by atoms with Crippen molar-refractivity contribution < 1.29 is 9.50 Å². The van der Waals surface area contributed by atoms with Gasteiger partial charge in [-0.15, -0.1) is 0 Å². The molecule has 2 atom stereocenters. The molecule has 0 bridgehead atoms. The molecule has 1 fully saturated rings. The molecule has 2 nitrogen and oxygen atoms in total. The molecule has 0 saturated carbocycles. The SMILES string of the molecule is CCC1CCCN(C(C)c2ccc(F)cc2O)C1. The molecule has 0 aliphatic carbocycles. The van der Waals surface area contributed by atoms with E-state index in [1.54, 1.807) is 6.07 Å². The first-order chi connectivity index (χ1) is 8.61. The minimum absolute atomic E-state index is 0.0705. The number of nitrogens with zero attached hydrogens (tertiary/aromatic N) is 1. The van der Waals surface area contributed by atoms with E-state index >= 15 is 0 Å². The molecule has 1 N–H and O–H groups in total.